The smallest absolute Gasteiger partial charge is 0.193 e. The monoisotopic (exact) mass is 422 g/mol. The summed E-state index contributed by atoms with van der Waals surface area (Å²) >= 11 is 0. The van der Waals surface area contributed by atoms with Gasteiger partial charge in [0.2, 0.25) is 0 Å². The lowest BCUT2D eigenvalue weighted by molar-refractivity contribution is 0.215. The molecule has 6 heteroatoms. The first-order valence-electron chi connectivity index (χ1n) is 12.2. The molecule has 0 amide bonds. The van der Waals surface area contributed by atoms with Gasteiger partial charge in [-0.25, -0.2) is 0 Å². The van der Waals surface area contributed by atoms with Crippen LogP contribution in [0.15, 0.2) is 35.3 Å². The van der Waals surface area contributed by atoms with E-state index in [1.807, 2.05) is 7.05 Å². The lowest BCUT2D eigenvalue weighted by atomic mass is 9.79. The van der Waals surface area contributed by atoms with Gasteiger partial charge in [-0.15, -0.1) is 10.2 Å². The first kappa shape index (κ1) is 21.8. The Morgan fingerprint density at radius 3 is 2.81 bits per heavy atom. The fraction of sp³-hybridized carbons (Fsp3) is 0.640. The van der Waals surface area contributed by atoms with Crippen molar-refractivity contribution in [2.24, 2.45) is 10.9 Å². The molecule has 31 heavy (non-hydrogen) atoms. The summed E-state index contributed by atoms with van der Waals surface area (Å²) in [5.74, 6) is 4.71. The Morgan fingerprint density at radius 1 is 1.13 bits per heavy atom. The number of aryl methyl sites for hydroxylation is 2. The van der Waals surface area contributed by atoms with E-state index in [0.29, 0.717) is 11.8 Å². The highest BCUT2D eigenvalue weighted by atomic mass is 15.3. The molecular weight excluding hydrogens is 384 g/mol. The van der Waals surface area contributed by atoms with Crippen LogP contribution in [-0.2, 0) is 19.4 Å². The molecule has 1 N–H and O–H groups in total. The number of piperidine rings is 1. The average molecular weight is 423 g/mol. The van der Waals surface area contributed by atoms with Crippen molar-refractivity contribution in [3.63, 3.8) is 0 Å². The fourth-order valence-corrected chi connectivity index (χ4v) is 5.29. The van der Waals surface area contributed by atoms with Gasteiger partial charge in [0.1, 0.15) is 11.6 Å². The van der Waals surface area contributed by atoms with Crippen LogP contribution in [0.2, 0.25) is 0 Å². The maximum Gasteiger partial charge on any atom is 0.193 e. The summed E-state index contributed by atoms with van der Waals surface area (Å²) in [4.78, 5) is 7.05. The molecule has 4 rings (SSSR count). The van der Waals surface area contributed by atoms with Crippen LogP contribution >= 0.6 is 0 Å². The molecule has 1 aromatic carbocycles. The zero-order chi connectivity index (χ0) is 21.5. The summed E-state index contributed by atoms with van der Waals surface area (Å²) in [6.45, 7) is 6.47. The first-order valence-corrected chi connectivity index (χ1v) is 12.2. The third-order valence-electron chi connectivity index (χ3n) is 7.04. The molecular formula is C25H38N6. The topological polar surface area (TPSA) is 58.3 Å². The van der Waals surface area contributed by atoms with Crippen LogP contribution < -0.4 is 5.32 Å². The molecule has 2 aliphatic rings. The highest BCUT2D eigenvalue weighted by molar-refractivity contribution is 5.80. The molecule has 0 spiro atoms. The minimum Gasteiger partial charge on any atom is -0.356 e. The second-order valence-corrected chi connectivity index (χ2v) is 8.99. The summed E-state index contributed by atoms with van der Waals surface area (Å²) in [5, 5.41) is 12.5. The number of rotatable bonds is 6. The van der Waals surface area contributed by atoms with Gasteiger partial charge in [-0.2, -0.15) is 0 Å². The molecule has 0 radical (unpaired) electrons. The van der Waals surface area contributed by atoms with Crippen LogP contribution in [0.1, 0.15) is 68.6 Å². The summed E-state index contributed by atoms with van der Waals surface area (Å²) in [6, 6.07) is 11.0. The zero-order valence-electron chi connectivity index (χ0n) is 19.3. The van der Waals surface area contributed by atoms with Crippen molar-refractivity contribution < 1.29 is 0 Å². The van der Waals surface area contributed by atoms with E-state index in [-0.39, 0.29) is 0 Å². The number of likely N-dealkylation sites (tertiary alicyclic amines) is 1. The van der Waals surface area contributed by atoms with Gasteiger partial charge in [-0.1, -0.05) is 50.1 Å². The number of guanidine groups is 1. The third kappa shape index (κ3) is 5.28. The standard InChI is InChI=1S/C25H38N6/c1-3-20-19-30(18-15-22(20)21-11-6-4-7-12-21)25(26-2)27-16-10-14-24-29-28-23-13-8-5-9-17-31(23)24/h4,6-7,11-12,20,22H,3,5,8-10,13-19H2,1-2H3,(H,26,27). The van der Waals surface area contributed by atoms with Gasteiger partial charge in [-0.3, -0.25) is 4.99 Å². The minimum atomic E-state index is 0.656. The largest absolute Gasteiger partial charge is 0.356 e. The van der Waals surface area contributed by atoms with Crippen molar-refractivity contribution in [1.29, 1.82) is 0 Å². The molecule has 1 aromatic heterocycles. The average Bonchev–Trinajstić information content (AvgIpc) is 3.05. The van der Waals surface area contributed by atoms with E-state index in [1.54, 1.807) is 0 Å². The molecule has 0 saturated carbocycles. The molecule has 1 fully saturated rings. The summed E-state index contributed by atoms with van der Waals surface area (Å²) in [6.07, 6.45) is 9.30. The van der Waals surface area contributed by atoms with Crippen molar-refractivity contribution in [1.82, 2.24) is 25.0 Å². The number of nitrogens with one attached hydrogen (secondary N) is 1. The number of hydrogen-bond acceptors (Lipinski definition) is 3. The van der Waals surface area contributed by atoms with E-state index in [9.17, 15) is 0 Å². The fourth-order valence-electron chi connectivity index (χ4n) is 5.29. The number of aliphatic imine (C=N–C) groups is 1. The van der Waals surface area contributed by atoms with Crippen LogP contribution in [0.4, 0.5) is 0 Å². The maximum absolute atomic E-state index is 4.59. The quantitative estimate of drug-likeness (QED) is 0.434. The van der Waals surface area contributed by atoms with E-state index >= 15 is 0 Å². The molecule has 0 aliphatic carbocycles. The lowest BCUT2D eigenvalue weighted by Crippen LogP contribution is -2.48. The highest BCUT2D eigenvalue weighted by Crippen LogP contribution is 2.34. The first-order chi connectivity index (χ1) is 15.3. The Morgan fingerprint density at radius 2 is 2.00 bits per heavy atom. The second-order valence-electron chi connectivity index (χ2n) is 8.99. The number of hydrogen-bond donors (Lipinski definition) is 1. The highest BCUT2D eigenvalue weighted by Gasteiger charge is 2.30. The van der Waals surface area contributed by atoms with E-state index in [1.165, 1.54) is 43.5 Å². The maximum atomic E-state index is 4.59. The Hall–Kier alpha value is -2.37. The molecule has 0 bridgehead atoms. The van der Waals surface area contributed by atoms with Gasteiger partial charge < -0.3 is 14.8 Å². The predicted molar refractivity (Wildman–Crippen MR) is 126 cm³/mol. The Labute approximate surface area is 187 Å². The van der Waals surface area contributed by atoms with Gasteiger partial charge in [0.05, 0.1) is 0 Å². The normalized spacial score (nSPS) is 22.1. The van der Waals surface area contributed by atoms with Gasteiger partial charge >= 0.3 is 0 Å². The van der Waals surface area contributed by atoms with Gasteiger partial charge in [0.25, 0.3) is 0 Å². The molecule has 1 saturated heterocycles. The second kappa shape index (κ2) is 10.8. The van der Waals surface area contributed by atoms with Crippen molar-refractivity contribution in [3.05, 3.63) is 47.5 Å². The van der Waals surface area contributed by atoms with Crippen molar-refractivity contribution in [2.45, 2.75) is 70.8 Å². The van der Waals surface area contributed by atoms with Gasteiger partial charge in [-0.05, 0) is 43.1 Å². The molecule has 6 nitrogen and oxygen atoms in total. The van der Waals surface area contributed by atoms with E-state index in [0.717, 1.165) is 57.2 Å². The van der Waals surface area contributed by atoms with E-state index in [2.05, 4.69) is 67.2 Å². The summed E-state index contributed by atoms with van der Waals surface area (Å²) in [7, 11) is 1.91. The van der Waals surface area contributed by atoms with Gasteiger partial charge in [0.15, 0.2) is 5.96 Å². The number of fused-ring (bicyclic) bond motifs is 1. The van der Waals surface area contributed by atoms with Crippen LogP contribution in [-0.4, -0.2) is 52.3 Å². The van der Waals surface area contributed by atoms with Crippen molar-refractivity contribution >= 4 is 5.96 Å². The van der Waals surface area contributed by atoms with E-state index in [4.69, 9.17) is 0 Å². The van der Waals surface area contributed by atoms with Crippen LogP contribution in [0, 0.1) is 5.92 Å². The molecule has 2 atom stereocenters. The number of aromatic nitrogens is 3. The predicted octanol–water partition coefficient (Wildman–Crippen LogP) is 4.03. The third-order valence-corrected chi connectivity index (χ3v) is 7.04. The molecule has 2 unspecified atom stereocenters. The number of nitrogens with zero attached hydrogens (tertiary/aromatic N) is 5. The Bertz CT molecular complexity index is 843. The molecule has 168 valence electrons. The minimum absolute atomic E-state index is 0.656. The summed E-state index contributed by atoms with van der Waals surface area (Å²) in [5.41, 5.74) is 1.49. The van der Waals surface area contributed by atoms with Crippen LogP contribution in [0.5, 0.6) is 0 Å². The van der Waals surface area contributed by atoms with E-state index < -0.39 is 0 Å². The lowest BCUT2D eigenvalue weighted by Gasteiger charge is -2.40. The Balaban J connectivity index is 1.28. The van der Waals surface area contributed by atoms with Crippen LogP contribution in [0.25, 0.3) is 0 Å². The zero-order valence-corrected chi connectivity index (χ0v) is 19.3. The van der Waals surface area contributed by atoms with Gasteiger partial charge in [0, 0.05) is 46.1 Å². The van der Waals surface area contributed by atoms with Crippen LogP contribution in [0.3, 0.4) is 0 Å². The SMILES string of the molecule is CCC1CN(C(=NC)NCCCc2nnc3n2CCCCC3)CCC1c1ccccc1. The Kier molecular flexibility index (Phi) is 7.60. The number of benzene rings is 1. The summed E-state index contributed by atoms with van der Waals surface area (Å²) < 4.78 is 2.36. The molecule has 2 aromatic rings. The molecule has 3 heterocycles. The van der Waals surface area contributed by atoms with Crippen molar-refractivity contribution in [3.8, 4) is 0 Å². The molecule has 2 aliphatic heterocycles. The van der Waals surface area contributed by atoms with Crippen molar-refractivity contribution in [2.75, 3.05) is 26.7 Å².